The minimum Gasteiger partial charge on any atom is -0.330 e. The Morgan fingerprint density at radius 3 is 2.95 bits per heavy atom. The second-order valence-electron chi connectivity index (χ2n) is 4.55. The Labute approximate surface area is 113 Å². The highest BCUT2D eigenvalue weighted by Crippen LogP contribution is 2.22. The second kappa shape index (κ2) is 6.85. The van der Waals surface area contributed by atoms with Crippen molar-refractivity contribution in [2.75, 3.05) is 11.9 Å². The highest BCUT2D eigenvalue weighted by Gasteiger charge is 2.05. The Morgan fingerprint density at radius 1 is 1.21 bits per heavy atom. The zero-order chi connectivity index (χ0) is 13.5. The van der Waals surface area contributed by atoms with E-state index in [0.717, 1.165) is 35.7 Å². The molecule has 1 aromatic carbocycles. The quantitative estimate of drug-likeness (QED) is 0.782. The molecule has 2 rings (SSSR count). The summed E-state index contributed by atoms with van der Waals surface area (Å²) in [5, 5.41) is 5.02. The molecule has 0 saturated heterocycles. The van der Waals surface area contributed by atoms with Crippen LogP contribution in [0.4, 0.5) is 5.69 Å². The molecule has 0 aliphatic heterocycles. The maximum atomic E-state index is 11.9. The maximum Gasteiger partial charge on any atom is 0.224 e. The number of rotatable bonds is 6. The number of aromatic nitrogens is 1. The van der Waals surface area contributed by atoms with Crippen LogP contribution in [0.1, 0.15) is 25.7 Å². The van der Waals surface area contributed by atoms with Crippen LogP contribution >= 0.6 is 0 Å². The summed E-state index contributed by atoms with van der Waals surface area (Å²) < 4.78 is 0. The molecule has 0 saturated carbocycles. The number of anilines is 1. The van der Waals surface area contributed by atoms with Gasteiger partial charge >= 0.3 is 0 Å². The van der Waals surface area contributed by atoms with Crippen molar-refractivity contribution in [1.82, 2.24) is 4.98 Å². The number of amides is 1. The van der Waals surface area contributed by atoms with Crippen molar-refractivity contribution in [2.24, 2.45) is 5.73 Å². The first kappa shape index (κ1) is 13.5. The van der Waals surface area contributed by atoms with Crippen LogP contribution in [-0.4, -0.2) is 17.4 Å². The number of fused-ring (bicyclic) bond motifs is 1. The van der Waals surface area contributed by atoms with Crippen molar-refractivity contribution in [3.05, 3.63) is 36.7 Å². The molecule has 100 valence electrons. The molecule has 1 amide bonds. The fourth-order valence-corrected chi connectivity index (χ4v) is 2.05. The van der Waals surface area contributed by atoms with Gasteiger partial charge in [0.05, 0.1) is 0 Å². The van der Waals surface area contributed by atoms with Gasteiger partial charge in [0, 0.05) is 35.3 Å². The van der Waals surface area contributed by atoms with Crippen LogP contribution in [-0.2, 0) is 4.79 Å². The first-order valence-corrected chi connectivity index (χ1v) is 6.64. The van der Waals surface area contributed by atoms with Gasteiger partial charge in [-0.2, -0.15) is 0 Å². The van der Waals surface area contributed by atoms with E-state index in [1.165, 1.54) is 0 Å². The van der Waals surface area contributed by atoms with E-state index in [4.69, 9.17) is 5.73 Å². The predicted octanol–water partition coefficient (Wildman–Crippen LogP) is 2.69. The monoisotopic (exact) mass is 257 g/mol. The van der Waals surface area contributed by atoms with Gasteiger partial charge in [0.25, 0.3) is 0 Å². The van der Waals surface area contributed by atoms with E-state index in [2.05, 4.69) is 10.3 Å². The lowest BCUT2D eigenvalue weighted by Crippen LogP contribution is -2.11. The van der Waals surface area contributed by atoms with Crippen LogP contribution in [0.15, 0.2) is 36.7 Å². The van der Waals surface area contributed by atoms with Gasteiger partial charge in [-0.25, -0.2) is 0 Å². The summed E-state index contributed by atoms with van der Waals surface area (Å²) in [6.07, 6.45) is 6.94. The van der Waals surface area contributed by atoms with Crippen molar-refractivity contribution >= 4 is 22.4 Å². The lowest BCUT2D eigenvalue weighted by Gasteiger charge is -2.08. The van der Waals surface area contributed by atoms with Crippen molar-refractivity contribution in [3.63, 3.8) is 0 Å². The molecule has 0 aliphatic carbocycles. The summed E-state index contributed by atoms with van der Waals surface area (Å²) in [7, 11) is 0. The van der Waals surface area contributed by atoms with Gasteiger partial charge in [0.2, 0.25) is 5.91 Å². The average molecular weight is 257 g/mol. The molecular weight excluding hydrogens is 238 g/mol. The van der Waals surface area contributed by atoms with E-state index in [9.17, 15) is 4.79 Å². The Hall–Kier alpha value is -1.94. The van der Waals surface area contributed by atoms with E-state index in [1.807, 2.05) is 24.3 Å². The van der Waals surface area contributed by atoms with E-state index in [1.54, 1.807) is 12.4 Å². The molecule has 0 spiro atoms. The van der Waals surface area contributed by atoms with E-state index in [-0.39, 0.29) is 5.91 Å². The third-order valence-electron chi connectivity index (χ3n) is 3.06. The minimum atomic E-state index is 0.0568. The van der Waals surface area contributed by atoms with Gasteiger partial charge in [-0.15, -0.1) is 0 Å². The van der Waals surface area contributed by atoms with Crippen molar-refractivity contribution in [3.8, 4) is 0 Å². The van der Waals surface area contributed by atoms with Crippen LogP contribution in [0.2, 0.25) is 0 Å². The van der Waals surface area contributed by atoms with Crippen molar-refractivity contribution < 1.29 is 4.79 Å². The molecule has 3 N–H and O–H groups in total. The molecule has 0 radical (unpaired) electrons. The van der Waals surface area contributed by atoms with Crippen LogP contribution in [0.3, 0.4) is 0 Å². The van der Waals surface area contributed by atoms with Crippen LogP contribution in [0, 0.1) is 0 Å². The van der Waals surface area contributed by atoms with Crippen LogP contribution in [0.25, 0.3) is 10.8 Å². The number of unbranched alkanes of at least 4 members (excludes halogenated alkanes) is 2. The van der Waals surface area contributed by atoms with Gasteiger partial charge < -0.3 is 11.1 Å². The SMILES string of the molecule is NCCCCCC(=O)Nc1cccc2cnccc12. The largest absolute Gasteiger partial charge is 0.330 e. The van der Waals surface area contributed by atoms with E-state index < -0.39 is 0 Å². The molecule has 0 unspecified atom stereocenters. The first-order chi connectivity index (χ1) is 9.31. The van der Waals surface area contributed by atoms with Crippen LogP contribution < -0.4 is 11.1 Å². The fraction of sp³-hybridized carbons (Fsp3) is 0.333. The molecule has 0 bridgehead atoms. The van der Waals surface area contributed by atoms with Gasteiger partial charge in [0.15, 0.2) is 0 Å². The number of carbonyl (C=O) groups excluding carboxylic acids is 1. The Bertz CT molecular complexity index is 549. The third kappa shape index (κ3) is 3.76. The molecule has 0 aliphatic rings. The van der Waals surface area contributed by atoms with Gasteiger partial charge in [-0.05, 0) is 31.5 Å². The third-order valence-corrected chi connectivity index (χ3v) is 3.06. The summed E-state index contributed by atoms with van der Waals surface area (Å²) in [5.74, 6) is 0.0568. The molecule has 2 aromatic rings. The van der Waals surface area contributed by atoms with Gasteiger partial charge in [-0.1, -0.05) is 18.6 Å². The average Bonchev–Trinajstić information content (AvgIpc) is 2.44. The Kier molecular flexibility index (Phi) is 4.86. The number of benzene rings is 1. The fourth-order valence-electron chi connectivity index (χ4n) is 2.05. The number of nitrogens with one attached hydrogen (secondary N) is 1. The summed E-state index contributed by atoms with van der Waals surface area (Å²) in [6.45, 7) is 0.692. The molecule has 19 heavy (non-hydrogen) atoms. The molecule has 0 atom stereocenters. The number of hydrogen-bond acceptors (Lipinski definition) is 3. The maximum absolute atomic E-state index is 11.9. The topological polar surface area (TPSA) is 68.0 Å². The summed E-state index contributed by atoms with van der Waals surface area (Å²) in [5.41, 5.74) is 6.28. The molecular formula is C15H19N3O. The van der Waals surface area contributed by atoms with Gasteiger partial charge in [0.1, 0.15) is 0 Å². The van der Waals surface area contributed by atoms with Gasteiger partial charge in [-0.3, -0.25) is 9.78 Å². The molecule has 1 heterocycles. The van der Waals surface area contributed by atoms with Crippen LogP contribution in [0.5, 0.6) is 0 Å². The summed E-state index contributed by atoms with van der Waals surface area (Å²) >= 11 is 0. The number of nitrogens with two attached hydrogens (primary N) is 1. The highest BCUT2D eigenvalue weighted by molar-refractivity contribution is 6.01. The Morgan fingerprint density at radius 2 is 2.11 bits per heavy atom. The summed E-state index contributed by atoms with van der Waals surface area (Å²) in [6, 6.07) is 7.74. The lowest BCUT2D eigenvalue weighted by molar-refractivity contribution is -0.116. The normalized spacial score (nSPS) is 10.6. The molecule has 4 nitrogen and oxygen atoms in total. The van der Waals surface area contributed by atoms with E-state index in [0.29, 0.717) is 13.0 Å². The second-order valence-corrected chi connectivity index (χ2v) is 4.55. The van der Waals surface area contributed by atoms with E-state index >= 15 is 0 Å². The number of hydrogen-bond donors (Lipinski definition) is 2. The van der Waals surface area contributed by atoms with Crippen molar-refractivity contribution in [1.29, 1.82) is 0 Å². The lowest BCUT2D eigenvalue weighted by atomic mass is 10.1. The number of pyridine rings is 1. The van der Waals surface area contributed by atoms with Crippen molar-refractivity contribution in [2.45, 2.75) is 25.7 Å². The zero-order valence-corrected chi connectivity index (χ0v) is 10.9. The number of nitrogens with zero attached hydrogens (tertiary/aromatic N) is 1. The Balaban J connectivity index is 1.99. The zero-order valence-electron chi connectivity index (χ0n) is 10.9. The highest BCUT2D eigenvalue weighted by atomic mass is 16.1. The number of carbonyl (C=O) groups is 1. The molecule has 0 fully saturated rings. The standard InChI is InChI=1S/C15H19N3O/c16-9-3-1-2-7-15(19)18-14-6-4-5-12-11-17-10-8-13(12)14/h4-6,8,10-11H,1-3,7,9,16H2,(H,18,19). The first-order valence-electron chi connectivity index (χ1n) is 6.64. The summed E-state index contributed by atoms with van der Waals surface area (Å²) in [4.78, 5) is 15.9. The molecule has 1 aromatic heterocycles. The predicted molar refractivity (Wildman–Crippen MR) is 77.9 cm³/mol. The molecule has 4 heteroatoms. The minimum absolute atomic E-state index is 0.0568. The smallest absolute Gasteiger partial charge is 0.224 e.